The highest BCUT2D eigenvalue weighted by Gasteiger charge is 2.43. The number of carbonyl (C=O) groups is 1. The molecule has 1 saturated heterocycles. The van der Waals surface area contributed by atoms with Crippen molar-refractivity contribution >= 4 is 5.91 Å². The molecule has 1 aromatic rings. The van der Waals surface area contributed by atoms with Gasteiger partial charge in [0.1, 0.15) is 5.75 Å². The molecule has 5 heteroatoms. The summed E-state index contributed by atoms with van der Waals surface area (Å²) in [6.45, 7) is 4.31. The van der Waals surface area contributed by atoms with E-state index in [0.29, 0.717) is 30.8 Å². The van der Waals surface area contributed by atoms with E-state index in [4.69, 9.17) is 10.00 Å². The van der Waals surface area contributed by atoms with Crippen molar-refractivity contribution in [3.63, 3.8) is 0 Å². The maximum absolute atomic E-state index is 12.1. The molecular weight excluding hydrogens is 256 g/mol. The Bertz CT molecular complexity index is 527. The molecule has 0 radical (unpaired) electrons. The van der Waals surface area contributed by atoms with Crippen LogP contribution in [0.15, 0.2) is 24.3 Å². The maximum Gasteiger partial charge on any atom is 0.263 e. The van der Waals surface area contributed by atoms with E-state index in [9.17, 15) is 9.90 Å². The number of rotatable bonds is 4. The normalized spacial score (nSPS) is 17.8. The Morgan fingerprint density at radius 3 is 2.60 bits per heavy atom. The SMILES string of the molecule is CCC1(O)CN(C(=O)C(C)Oc2ccc(C#N)cc2)C1. The van der Waals surface area contributed by atoms with Crippen molar-refractivity contribution in [1.82, 2.24) is 4.90 Å². The molecule has 0 aliphatic carbocycles. The number of carbonyl (C=O) groups excluding carboxylic acids is 1. The second-order valence-corrected chi connectivity index (χ2v) is 5.17. The van der Waals surface area contributed by atoms with Crippen LogP contribution < -0.4 is 4.74 Å². The Kier molecular flexibility index (Phi) is 3.96. The van der Waals surface area contributed by atoms with Crippen molar-refractivity contribution in [1.29, 1.82) is 5.26 Å². The number of hydrogen-bond acceptors (Lipinski definition) is 4. The molecule has 0 saturated carbocycles. The van der Waals surface area contributed by atoms with Crippen LogP contribution in [0.2, 0.25) is 0 Å². The van der Waals surface area contributed by atoms with Crippen LogP contribution in [-0.2, 0) is 4.79 Å². The molecule has 0 bridgehead atoms. The maximum atomic E-state index is 12.1. The van der Waals surface area contributed by atoms with Gasteiger partial charge in [0, 0.05) is 0 Å². The molecule has 1 amide bonds. The summed E-state index contributed by atoms with van der Waals surface area (Å²) in [4.78, 5) is 13.7. The standard InChI is InChI=1S/C15H18N2O3/c1-3-15(19)9-17(10-15)14(18)11(2)20-13-6-4-12(8-16)5-7-13/h4-7,11,19H,3,9-10H2,1-2H3. The molecule has 106 valence electrons. The van der Waals surface area contributed by atoms with Gasteiger partial charge in [0.2, 0.25) is 0 Å². The molecule has 1 atom stereocenters. The second kappa shape index (κ2) is 5.51. The number of aliphatic hydroxyl groups is 1. The highest BCUT2D eigenvalue weighted by molar-refractivity contribution is 5.82. The van der Waals surface area contributed by atoms with Gasteiger partial charge in [0.15, 0.2) is 6.10 Å². The van der Waals surface area contributed by atoms with Crippen LogP contribution in [0.1, 0.15) is 25.8 Å². The molecule has 2 rings (SSSR count). The third-order valence-corrected chi connectivity index (χ3v) is 3.58. The van der Waals surface area contributed by atoms with E-state index in [1.165, 1.54) is 0 Å². The fourth-order valence-electron chi connectivity index (χ4n) is 2.16. The van der Waals surface area contributed by atoms with Crippen LogP contribution in [-0.4, -0.2) is 40.7 Å². The van der Waals surface area contributed by atoms with Crippen LogP contribution in [0.5, 0.6) is 5.75 Å². The third-order valence-electron chi connectivity index (χ3n) is 3.58. The van der Waals surface area contributed by atoms with Gasteiger partial charge in [-0.05, 0) is 37.6 Å². The Morgan fingerprint density at radius 2 is 2.10 bits per heavy atom. The van der Waals surface area contributed by atoms with Crippen molar-refractivity contribution in [2.24, 2.45) is 0 Å². The molecule has 0 spiro atoms. The molecular formula is C15H18N2O3. The van der Waals surface area contributed by atoms with Crippen molar-refractivity contribution in [2.45, 2.75) is 32.0 Å². The number of nitriles is 1. The first-order valence-electron chi connectivity index (χ1n) is 6.65. The van der Waals surface area contributed by atoms with Crippen LogP contribution in [0.4, 0.5) is 0 Å². The van der Waals surface area contributed by atoms with Crippen molar-refractivity contribution in [2.75, 3.05) is 13.1 Å². The molecule has 20 heavy (non-hydrogen) atoms. The average molecular weight is 274 g/mol. The molecule has 5 nitrogen and oxygen atoms in total. The average Bonchev–Trinajstić information content (AvgIpc) is 2.44. The Balaban J connectivity index is 1.90. The van der Waals surface area contributed by atoms with Crippen LogP contribution >= 0.6 is 0 Å². The van der Waals surface area contributed by atoms with E-state index < -0.39 is 11.7 Å². The van der Waals surface area contributed by atoms with E-state index in [1.54, 1.807) is 36.1 Å². The van der Waals surface area contributed by atoms with Gasteiger partial charge in [-0.15, -0.1) is 0 Å². The molecule has 1 aliphatic rings. The molecule has 1 aliphatic heterocycles. The smallest absolute Gasteiger partial charge is 0.263 e. The van der Waals surface area contributed by atoms with Crippen LogP contribution in [0, 0.1) is 11.3 Å². The molecule has 1 aromatic carbocycles. The summed E-state index contributed by atoms with van der Waals surface area (Å²) < 4.78 is 5.55. The number of benzene rings is 1. The van der Waals surface area contributed by atoms with E-state index in [0.717, 1.165) is 0 Å². The van der Waals surface area contributed by atoms with Gasteiger partial charge in [-0.3, -0.25) is 4.79 Å². The zero-order chi connectivity index (χ0) is 14.8. The topological polar surface area (TPSA) is 73.6 Å². The molecule has 1 fully saturated rings. The summed E-state index contributed by atoms with van der Waals surface area (Å²) in [5, 5.41) is 18.6. The van der Waals surface area contributed by atoms with E-state index in [1.807, 2.05) is 13.0 Å². The van der Waals surface area contributed by atoms with Crippen LogP contribution in [0.25, 0.3) is 0 Å². The molecule has 0 aromatic heterocycles. The minimum Gasteiger partial charge on any atom is -0.481 e. The number of β-amino-alcohol motifs (C(OH)–C–C–N with tert-alkyl or cyclic N) is 1. The molecule has 1 N–H and O–H groups in total. The third kappa shape index (κ3) is 2.91. The second-order valence-electron chi connectivity index (χ2n) is 5.17. The summed E-state index contributed by atoms with van der Waals surface area (Å²) >= 11 is 0. The summed E-state index contributed by atoms with van der Waals surface area (Å²) in [7, 11) is 0. The summed E-state index contributed by atoms with van der Waals surface area (Å²) in [6, 6.07) is 8.65. The monoisotopic (exact) mass is 274 g/mol. The first kappa shape index (κ1) is 14.4. The predicted molar refractivity (Wildman–Crippen MR) is 73.1 cm³/mol. The van der Waals surface area contributed by atoms with Gasteiger partial charge >= 0.3 is 0 Å². The van der Waals surface area contributed by atoms with E-state index in [2.05, 4.69) is 0 Å². The zero-order valence-corrected chi connectivity index (χ0v) is 11.7. The number of hydrogen-bond donors (Lipinski definition) is 1. The lowest BCUT2D eigenvalue weighted by molar-refractivity contribution is -0.162. The lowest BCUT2D eigenvalue weighted by Gasteiger charge is -2.46. The van der Waals surface area contributed by atoms with E-state index >= 15 is 0 Å². The van der Waals surface area contributed by atoms with Gasteiger partial charge < -0.3 is 14.7 Å². The van der Waals surface area contributed by atoms with Crippen LogP contribution in [0.3, 0.4) is 0 Å². The predicted octanol–water partition coefficient (Wildman–Crippen LogP) is 1.31. The quantitative estimate of drug-likeness (QED) is 0.898. The first-order chi connectivity index (χ1) is 9.47. The number of amides is 1. The fourth-order valence-corrected chi connectivity index (χ4v) is 2.16. The largest absolute Gasteiger partial charge is 0.481 e. The fraction of sp³-hybridized carbons (Fsp3) is 0.467. The van der Waals surface area contributed by atoms with Crippen molar-refractivity contribution in [3.05, 3.63) is 29.8 Å². The Labute approximate surface area is 118 Å². The highest BCUT2D eigenvalue weighted by Crippen LogP contribution is 2.25. The van der Waals surface area contributed by atoms with Gasteiger partial charge in [0.05, 0.1) is 30.3 Å². The molecule has 1 unspecified atom stereocenters. The minimum atomic E-state index is -0.732. The van der Waals surface area contributed by atoms with Gasteiger partial charge in [0.25, 0.3) is 5.91 Å². The minimum absolute atomic E-state index is 0.132. The van der Waals surface area contributed by atoms with E-state index in [-0.39, 0.29) is 5.91 Å². The van der Waals surface area contributed by atoms with Gasteiger partial charge in [-0.2, -0.15) is 5.26 Å². The number of ether oxygens (including phenoxy) is 1. The highest BCUT2D eigenvalue weighted by atomic mass is 16.5. The Morgan fingerprint density at radius 1 is 1.50 bits per heavy atom. The van der Waals surface area contributed by atoms with Gasteiger partial charge in [-0.1, -0.05) is 6.92 Å². The lowest BCUT2D eigenvalue weighted by Crippen LogP contribution is -2.64. The number of likely N-dealkylation sites (tertiary alicyclic amines) is 1. The molecule has 1 heterocycles. The lowest BCUT2D eigenvalue weighted by atomic mass is 9.91. The first-order valence-corrected chi connectivity index (χ1v) is 6.65. The summed E-state index contributed by atoms with van der Waals surface area (Å²) in [5.41, 5.74) is -0.184. The van der Waals surface area contributed by atoms with Crippen molar-refractivity contribution in [3.8, 4) is 11.8 Å². The number of nitrogens with zero attached hydrogens (tertiary/aromatic N) is 2. The van der Waals surface area contributed by atoms with Crippen molar-refractivity contribution < 1.29 is 14.6 Å². The summed E-state index contributed by atoms with van der Waals surface area (Å²) in [6.07, 6.45) is 0.0334. The zero-order valence-electron chi connectivity index (χ0n) is 11.7. The van der Waals surface area contributed by atoms with Gasteiger partial charge in [-0.25, -0.2) is 0 Å². The summed E-state index contributed by atoms with van der Waals surface area (Å²) in [5.74, 6) is 0.420. The Hall–Kier alpha value is -2.06.